The lowest BCUT2D eigenvalue weighted by Crippen LogP contribution is -2.33. The molecule has 0 spiro atoms. The Morgan fingerprint density at radius 2 is 2.03 bits per heavy atom. The van der Waals surface area contributed by atoms with Crippen LogP contribution in [-0.2, 0) is 12.7 Å². The van der Waals surface area contributed by atoms with Crippen molar-refractivity contribution < 1.29 is 22.7 Å². The number of halogens is 3. The Labute approximate surface area is 169 Å². The Morgan fingerprint density at radius 3 is 2.80 bits per heavy atom. The second-order valence-corrected chi connectivity index (χ2v) is 6.70. The number of aryl methyl sites for hydroxylation is 1. The molecule has 3 aromatic rings. The third-order valence-electron chi connectivity index (χ3n) is 4.69. The number of rotatable bonds is 4. The average molecular weight is 418 g/mol. The molecule has 0 fully saturated rings. The van der Waals surface area contributed by atoms with E-state index in [1.165, 1.54) is 25.4 Å². The monoisotopic (exact) mass is 418 g/mol. The Morgan fingerprint density at radius 1 is 1.23 bits per heavy atom. The van der Waals surface area contributed by atoms with Crippen molar-refractivity contribution in [2.45, 2.75) is 31.6 Å². The van der Waals surface area contributed by atoms with E-state index in [4.69, 9.17) is 4.74 Å². The lowest BCUT2D eigenvalue weighted by molar-refractivity contribution is -0.141. The van der Waals surface area contributed by atoms with Crippen molar-refractivity contribution in [2.75, 3.05) is 7.11 Å². The summed E-state index contributed by atoms with van der Waals surface area (Å²) in [4.78, 5) is 24.4. The molecule has 0 bridgehead atoms. The fraction of sp³-hybridized carbons (Fsp3) is 0.316. The van der Waals surface area contributed by atoms with Gasteiger partial charge in [-0.2, -0.15) is 18.3 Å². The molecule has 1 atom stereocenters. The van der Waals surface area contributed by atoms with Crippen LogP contribution in [0.1, 0.15) is 40.8 Å². The molecular weight excluding hydrogens is 401 g/mol. The number of ether oxygens (including phenoxy) is 1. The second-order valence-electron chi connectivity index (χ2n) is 6.70. The van der Waals surface area contributed by atoms with Crippen LogP contribution < -0.4 is 10.1 Å². The highest BCUT2D eigenvalue weighted by atomic mass is 19.4. The molecule has 4 heterocycles. The number of hydrogen-bond acceptors (Lipinski definition) is 6. The number of amides is 1. The van der Waals surface area contributed by atoms with E-state index in [-0.39, 0.29) is 17.3 Å². The van der Waals surface area contributed by atoms with Gasteiger partial charge in [-0.15, -0.1) is 0 Å². The SMILES string of the molecule is COc1cc(C(=O)N[C@@H]2CCCn3nc(-c4ccnc(C(F)(F)F)c4)nc32)ccn1. The normalized spacial score (nSPS) is 16.1. The number of carbonyl (C=O) groups excluding carboxylic acids is 1. The summed E-state index contributed by atoms with van der Waals surface area (Å²) < 4.78 is 45.5. The molecule has 8 nitrogen and oxygen atoms in total. The molecule has 0 aliphatic carbocycles. The van der Waals surface area contributed by atoms with Gasteiger partial charge < -0.3 is 10.1 Å². The van der Waals surface area contributed by atoms with Crippen LogP contribution in [0.3, 0.4) is 0 Å². The first-order valence-electron chi connectivity index (χ1n) is 9.14. The highest BCUT2D eigenvalue weighted by Crippen LogP contribution is 2.31. The Hall–Kier alpha value is -3.50. The van der Waals surface area contributed by atoms with Gasteiger partial charge in [-0.05, 0) is 31.0 Å². The number of pyridine rings is 2. The number of nitrogens with one attached hydrogen (secondary N) is 1. The summed E-state index contributed by atoms with van der Waals surface area (Å²) in [5.74, 6) is 0.637. The van der Waals surface area contributed by atoms with Gasteiger partial charge in [0, 0.05) is 36.1 Å². The quantitative estimate of drug-likeness (QED) is 0.700. The van der Waals surface area contributed by atoms with E-state index in [1.807, 2.05) is 0 Å². The van der Waals surface area contributed by atoms with Gasteiger partial charge in [0.05, 0.1) is 13.2 Å². The number of hydrogen-bond donors (Lipinski definition) is 1. The molecule has 3 aromatic heterocycles. The molecule has 0 saturated heterocycles. The zero-order valence-corrected chi connectivity index (χ0v) is 15.8. The lowest BCUT2D eigenvalue weighted by Gasteiger charge is -2.23. The third-order valence-corrected chi connectivity index (χ3v) is 4.69. The molecule has 1 aliphatic rings. The van der Waals surface area contributed by atoms with Gasteiger partial charge in [0.2, 0.25) is 5.88 Å². The zero-order chi connectivity index (χ0) is 21.3. The smallest absolute Gasteiger partial charge is 0.433 e. The number of fused-ring (bicyclic) bond motifs is 1. The third kappa shape index (κ3) is 3.95. The van der Waals surface area contributed by atoms with Gasteiger partial charge in [0.15, 0.2) is 5.82 Å². The van der Waals surface area contributed by atoms with Crippen molar-refractivity contribution in [3.8, 4) is 17.3 Å². The molecule has 1 amide bonds. The van der Waals surface area contributed by atoms with Crippen LogP contribution in [0.15, 0.2) is 36.7 Å². The number of aromatic nitrogens is 5. The molecule has 4 rings (SSSR count). The number of alkyl halides is 3. The lowest BCUT2D eigenvalue weighted by atomic mass is 10.1. The van der Waals surface area contributed by atoms with Crippen molar-refractivity contribution in [2.24, 2.45) is 0 Å². The molecule has 0 radical (unpaired) electrons. The van der Waals surface area contributed by atoms with Crippen LogP contribution in [0.5, 0.6) is 5.88 Å². The predicted molar refractivity (Wildman–Crippen MR) is 98.5 cm³/mol. The highest BCUT2D eigenvalue weighted by Gasteiger charge is 2.33. The van der Waals surface area contributed by atoms with Crippen molar-refractivity contribution in [3.63, 3.8) is 0 Å². The standard InChI is InChI=1S/C19H17F3N6O2/c1-30-15-10-12(5-7-24-15)18(29)25-13-3-2-8-28-17(13)26-16(27-28)11-4-6-23-14(9-11)19(20,21)22/h4-7,9-10,13H,2-3,8H2,1H3,(H,25,29)/t13-/m1/s1. The van der Waals surface area contributed by atoms with Crippen LogP contribution in [-0.4, -0.2) is 37.7 Å². The van der Waals surface area contributed by atoms with Gasteiger partial charge in [-0.1, -0.05) is 0 Å². The average Bonchev–Trinajstić information content (AvgIpc) is 3.19. The van der Waals surface area contributed by atoms with Gasteiger partial charge in [0.1, 0.15) is 11.5 Å². The van der Waals surface area contributed by atoms with Gasteiger partial charge in [-0.25, -0.2) is 14.6 Å². The number of carbonyl (C=O) groups is 1. The van der Waals surface area contributed by atoms with E-state index in [0.29, 0.717) is 30.2 Å². The fourth-order valence-electron chi connectivity index (χ4n) is 3.24. The fourth-order valence-corrected chi connectivity index (χ4v) is 3.24. The molecule has 0 saturated carbocycles. The van der Waals surface area contributed by atoms with Crippen molar-refractivity contribution in [1.82, 2.24) is 30.0 Å². The largest absolute Gasteiger partial charge is 0.481 e. The predicted octanol–water partition coefficient (Wildman–Crippen LogP) is 3.03. The summed E-state index contributed by atoms with van der Waals surface area (Å²) in [7, 11) is 1.46. The molecule has 0 unspecified atom stereocenters. The summed E-state index contributed by atoms with van der Waals surface area (Å²) in [6.45, 7) is 0.564. The maximum Gasteiger partial charge on any atom is 0.433 e. The Bertz CT molecular complexity index is 1080. The van der Waals surface area contributed by atoms with Crippen molar-refractivity contribution in [1.29, 1.82) is 0 Å². The van der Waals surface area contributed by atoms with Crippen LogP contribution in [0.4, 0.5) is 13.2 Å². The summed E-state index contributed by atoms with van der Waals surface area (Å²) in [6.07, 6.45) is -0.635. The first kappa shape index (κ1) is 19.8. The maximum atomic E-state index is 13.0. The van der Waals surface area contributed by atoms with Crippen LogP contribution in [0.2, 0.25) is 0 Å². The number of nitrogens with zero attached hydrogens (tertiary/aromatic N) is 5. The van der Waals surface area contributed by atoms with Crippen molar-refractivity contribution in [3.05, 3.63) is 53.7 Å². The summed E-state index contributed by atoms with van der Waals surface area (Å²) in [5.41, 5.74) is -0.421. The van der Waals surface area contributed by atoms with E-state index >= 15 is 0 Å². The first-order valence-corrected chi connectivity index (χ1v) is 9.14. The molecule has 30 heavy (non-hydrogen) atoms. The van der Waals surface area contributed by atoms with Crippen molar-refractivity contribution >= 4 is 5.91 Å². The Kier molecular flexibility index (Phi) is 5.10. The van der Waals surface area contributed by atoms with E-state index in [9.17, 15) is 18.0 Å². The summed E-state index contributed by atoms with van der Waals surface area (Å²) in [6, 6.07) is 5.00. The summed E-state index contributed by atoms with van der Waals surface area (Å²) in [5, 5.41) is 7.24. The minimum absolute atomic E-state index is 0.157. The summed E-state index contributed by atoms with van der Waals surface area (Å²) >= 11 is 0. The molecular formula is C19H17F3N6O2. The topological polar surface area (TPSA) is 94.8 Å². The maximum absolute atomic E-state index is 13.0. The molecule has 11 heteroatoms. The van der Waals surface area contributed by atoms with E-state index in [0.717, 1.165) is 18.7 Å². The number of methoxy groups -OCH3 is 1. The van der Waals surface area contributed by atoms with Gasteiger partial charge in [-0.3, -0.25) is 9.78 Å². The van der Waals surface area contributed by atoms with Crippen LogP contribution in [0.25, 0.3) is 11.4 Å². The van der Waals surface area contributed by atoms with Gasteiger partial charge >= 0.3 is 6.18 Å². The van der Waals surface area contributed by atoms with E-state index < -0.39 is 17.9 Å². The highest BCUT2D eigenvalue weighted by molar-refractivity contribution is 5.94. The molecule has 156 valence electrons. The Balaban J connectivity index is 1.59. The zero-order valence-electron chi connectivity index (χ0n) is 15.8. The van der Waals surface area contributed by atoms with E-state index in [2.05, 4.69) is 25.4 Å². The minimum Gasteiger partial charge on any atom is -0.481 e. The minimum atomic E-state index is -4.56. The van der Waals surface area contributed by atoms with Crippen LogP contribution in [0, 0.1) is 0 Å². The van der Waals surface area contributed by atoms with Crippen LogP contribution >= 0.6 is 0 Å². The van der Waals surface area contributed by atoms with E-state index in [1.54, 1.807) is 10.7 Å². The molecule has 0 aromatic carbocycles. The molecule has 1 N–H and O–H groups in total. The second kappa shape index (κ2) is 7.73. The van der Waals surface area contributed by atoms with Gasteiger partial charge in [0.25, 0.3) is 5.91 Å². The molecule has 1 aliphatic heterocycles. The first-order chi connectivity index (χ1) is 14.3.